The average Bonchev–Trinajstić information content (AvgIpc) is 3.41. The van der Waals surface area contributed by atoms with Crippen molar-refractivity contribution < 1.29 is 29.0 Å². The van der Waals surface area contributed by atoms with Crippen molar-refractivity contribution in [2.75, 3.05) is 13.2 Å². The number of amides is 2. The van der Waals surface area contributed by atoms with Gasteiger partial charge in [-0.15, -0.1) is 0 Å². The molecule has 0 aromatic heterocycles. The highest BCUT2D eigenvalue weighted by molar-refractivity contribution is 5.90. The van der Waals surface area contributed by atoms with E-state index in [1.807, 2.05) is 66.7 Å². The lowest BCUT2D eigenvalue weighted by Gasteiger charge is -2.35. The van der Waals surface area contributed by atoms with Crippen LogP contribution in [0.3, 0.4) is 0 Å². The summed E-state index contributed by atoms with van der Waals surface area (Å²) in [6.07, 6.45) is -0.575. The Kier molecular flexibility index (Phi) is 6.91. The third kappa shape index (κ3) is 4.87. The first-order valence-corrected chi connectivity index (χ1v) is 12.6. The Hall–Kier alpha value is -4.17. The number of nitrogens with one attached hydrogen (secondary N) is 1. The topological polar surface area (TPSA) is 105 Å². The number of aliphatic carboxylic acids is 1. The highest BCUT2D eigenvalue weighted by atomic mass is 16.6. The van der Waals surface area contributed by atoms with E-state index in [0.29, 0.717) is 0 Å². The van der Waals surface area contributed by atoms with Crippen molar-refractivity contribution in [1.82, 2.24) is 10.2 Å². The highest BCUT2D eigenvalue weighted by Crippen LogP contribution is 2.44. The summed E-state index contributed by atoms with van der Waals surface area (Å²) >= 11 is 0. The Morgan fingerprint density at radius 2 is 1.55 bits per heavy atom. The molecule has 1 heterocycles. The van der Waals surface area contributed by atoms with Gasteiger partial charge in [-0.3, -0.25) is 9.69 Å². The summed E-state index contributed by atoms with van der Waals surface area (Å²) in [4.78, 5) is 39.9. The summed E-state index contributed by atoms with van der Waals surface area (Å²) < 4.78 is 11.3. The van der Waals surface area contributed by atoms with Crippen LogP contribution in [-0.2, 0) is 25.5 Å². The van der Waals surface area contributed by atoms with E-state index in [1.54, 1.807) is 13.8 Å². The number of nitrogens with zero attached hydrogens (tertiary/aromatic N) is 1. The van der Waals surface area contributed by atoms with Crippen molar-refractivity contribution in [3.63, 3.8) is 0 Å². The monoisotopic (exact) mass is 514 g/mol. The van der Waals surface area contributed by atoms with Gasteiger partial charge in [0.25, 0.3) is 0 Å². The Labute approximate surface area is 221 Å². The molecular weight excluding hydrogens is 484 g/mol. The third-order valence-electron chi connectivity index (χ3n) is 7.23. The summed E-state index contributed by atoms with van der Waals surface area (Å²) in [7, 11) is 0. The number of rotatable bonds is 7. The average molecular weight is 515 g/mol. The molecule has 0 saturated carbocycles. The van der Waals surface area contributed by atoms with E-state index in [4.69, 9.17) is 9.47 Å². The van der Waals surface area contributed by atoms with Gasteiger partial charge < -0.3 is 19.9 Å². The van der Waals surface area contributed by atoms with Crippen LogP contribution in [0, 0.1) is 0 Å². The normalized spacial score (nSPS) is 18.4. The SMILES string of the molecule is CC1(C)OC[C@H](C(=O)O)N1C(=O)[C@H](Cc1ccccc1)NC(=O)OCC1c2ccccc2-c2ccccc21. The van der Waals surface area contributed by atoms with E-state index >= 15 is 0 Å². The summed E-state index contributed by atoms with van der Waals surface area (Å²) in [5.41, 5.74) is 4.07. The Morgan fingerprint density at radius 1 is 0.974 bits per heavy atom. The number of hydrogen-bond donors (Lipinski definition) is 2. The fraction of sp³-hybridized carbons (Fsp3) is 0.300. The molecule has 0 spiro atoms. The lowest BCUT2D eigenvalue weighted by Crippen LogP contribution is -2.58. The van der Waals surface area contributed by atoms with Gasteiger partial charge in [-0.25, -0.2) is 9.59 Å². The van der Waals surface area contributed by atoms with Crippen LogP contribution in [0.25, 0.3) is 11.1 Å². The van der Waals surface area contributed by atoms with E-state index in [2.05, 4.69) is 17.4 Å². The maximum Gasteiger partial charge on any atom is 0.407 e. The number of carbonyl (C=O) groups is 3. The molecule has 2 N–H and O–H groups in total. The lowest BCUT2D eigenvalue weighted by molar-refractivity contribution is -0.156. The molecular formula is C30H30N2O6. The number of carboxylic acid groups (broad SMARTS) is 1. The van der Waals surface area contributed by atoms with E-state index in [0.717, 1.165) is 27.8 Å². The Morgan fingerprint density at radius 3 is 2.16 bits per heavy atom. The number of fused-ring (bicyclic) bond motifs is 3. The van der Waals surface area contributed by atoms with Crippen LogP contribution in [0.2, 0.25) is 0 Å². The zero-order valence-electron chi connectivity index (χ0n) is 21.3. The van der Waals surface area contributed by atoms with Gasteiger partial charge in [-0.2, -0.15) is 0 Å². The molecule has 8 heteroatoms. The van der Waals surface area contributed by atoms with E-state index in [1.165, 1.54) is 4.90 Å². The molecule has 3 aromatic carbocycles. The number of carboxylic acids is 1. The maximum absolute atomic E-state index is 13.7. The van der Waals surface area contributed by atoms with Gasteiger partial charge in [0.2, 0.25) is 5.91 Å². The van der Waals surface area contributed by atoms with Gasteiger partial charge in [-0.1, -0.05) is 78.9 Å². The minimum Gasteiger partial charge on any atom is -0.480 e. The fourth-order valence-corrected chi connectivity index (χ4v) is 5.40. The number of ether oxygens (including phenoxy) is 2. The predicted molar refractivity (Wildman–Crippen MR) is 140 cm³/mol. The van der Waals surface area contributed by atoms with Crippen molar-refractivity contribution >= 4 is 18.0 Å². The number of benzene rings is 3. The summed E-state index contributed by atoms with van der Waals surface area (Å²) in [6.45, 7) is 3.25. The van der Waals surface area contributed by atoms with E-state index in [9.17, 15) is 19.5 Å². The lowest BCUT2D eigenvalue weighted by atomic mass is 9.98. The molecule has 38 heavy (non-hydrogen) atoms. The molecule has 1 fully saturated rings. The van der Waals surface area contributed by atoms with Gasteiger partial charge in [0, 0.05) is 12.3 Å². The quantitative estimate of drug-likeness (QED) is 0.490. The minimum absolute atomic E-state index is 0.0994. The van der Waals surface area contributed by atoms with Crippen LogP contribution in [0.1, 0.15) is 36.5 Å². The Balaban J connectivity index is 1.35. The molecule has 2 amide bonds. The fourth-order valence-electron chi connectivity index (χ4n) is 5.40. The van der Waals surface area contributed by atoms with Gasteiger partial charge in [-0.05, 0) is 41.7 Å². The van der Waals surface area contributed by atoms with Crippen molar-refractivity contribution in [1.29, 1.82) is 0 Å². The molecule has 0 bridgehead atoms. The largest absolute Gasteiger partial charge is 0.480 e. The summed E-state index contributed by atoms with van der Waals surface area (Å²) in [6, 6.07) is 23.1. The van der Waals surface area contributed by atoms with Gasteiger partial charge >= 0.3 is 12.1 Å². The van der Waals surface area contributed by atoms with E-state index in [-0.39, 0.29) is 25.6 Å². The first-order valence-electron chi connectivity index (χ1n) is 12.6. The molecule has 0 radical (unpaired) electrons. The van der Waals surface area contributed by atoms with Crippen molar-refractivity contribution in [2.24, 2.45) is 0 Å². The second kappa shape index (κ2) is 10.3. The zero-order chi connectivity index (χ0) is 26.9. The molecule has 2 aliphatic rings. The first kappa shape index (κ1) is 25.5. The molecule has 196 valence electrons. The van der Waals surface area contributed by atoms with Gasteiger partial charge in [0.15, 0.2) is 6.04 Å². The zero-order valence-corrected chi connectivity index (χ0v) is 21.3. The second-order valence-corrected chi connectivity index (χ2v) is 10.0. The third-order valence-corrected chi connectivity index (χ3v) is 7.23. The number of carbonyl (C=O) groups excluding carboxylic acids is 2. The van der Waals surface area contributed by atoms with Crippen LogP contribution < -0.4 is 5.32 Å². The smallest absolute Gasteiger partial charge is 0.407 e. The highest BCUT2D eigenvalue weighted by Gasteiger charge is 2.49. The van der Waals surface area contributed by atoms with Crippen molar-refractivity contribution in [2.45, 2.75) is 44.0 Å². The van der Waals surface area contributed by atoms with Gasteiger partial charge in [0.05, 0.1) is 6.61 Å². The predicted octanol–water partition coefficient (Wildman–Crippen LogP) is 4.18. The molecule has 1 aliphatic heterocycles. The Bertz CT molecular complexity index is 1310. The van der Waals surface area contributed by atoms with Crippen molar-refractivity contribution in [3.8, 4) is 11.1 Å². The van der Waals surface area contributed by atoms with Crippen LogP contribution in [0.4, 0.5) is 4.79 Å². The van der Waals surface area contributed by atoms with Crippen molar-refractivity contribution in [3.05, 3.63) is 95.6 Å². The molecule has 1 saturated heterocycles. The van der Waals surface area contributed by atoms with Crippen LogP contribution in [0.5, 0.6) is 0 Å². The molecule has 0 unspecified atom stereocenters. The maximum atomic E-state index is 13.7. The molecule has 2 atom stereocenters. The van der Waals surface area contributed by atoms with Crippen LogP contribution in [0.15, 0.2) is 78.9 Å². The molecule has 3 aromatic rings. The summed E-state index contributed by atoms with van der Waals surface area (Å²) in [5.74, 6) is -1.83. The van der Waals surface area contributed by atoms with Crippen LogP contribution >= 0.6 is 0 Å². The summed E-state index contributed by atoms with van der Waals surface area (Å²) in [5, 5.41) is 12.4. The van der Waals surface area contributed by atoms with Gasteiger partial charge in [0.1, 0.15) is 18.4 Å². The molecule has 8 nitrogen and oxygen atoms in total. The second-order valence-electron chi connectivity index (χ2n) is 10.0. The van der Waals surface area contributed by atoms with E-state index < -0.39 is 35.8 Å². The standard InChI is InChI=1S/C30H30N2O6/c1-30(2)32(26(18-38-30)28(34)35)27(33)25(16-19-10-4-3-5-11-19)31-29(36)37-17-24-22-14-8-6-12-20(22)21-13-7-9-15-23(21)24/h3-15,24-26H,16-18H2,1-2H3,(H,31,36)(H,34,35)/t25-,26+/m0/s1. The first-order chi connectivity index (χ1) is 18.3. The molecule has 1 aliphatic carbocycles. The van der Waals surface area contributed by atoms with Crippen LogP contribution in [-0.4, -0.2) is 59.0 Å². The number of hydrogen-bond acceptors (Lipinski definition) is 5. The number of alkyl carbamates (subject to hydrolysis) is 1. The minimum atomic E-state index is -1.16. The molecule has 5 rings (SSSR count).